The minimum Gasteiger partial charge on any atom is -0.394 e. The molecule has 9 atom stereocenters. The molecular weight excluding hydrogens is 644 g/mol. The maximum Gasteiger partial charge on any atom is 0.240 e. The number of aliphatic hydroxyl groups is 3. The zero-order chi connectivity index (χ0) is 37.1. The summed E-state index contributed by atoms with van der Waals surface area (Å²) in [7, 11) is 0. The van der Waals surface area contributed by atoms with E-state index in [4.69, 9.17) is 20.9 Å². The molecule has 0 aromatic heterocycles. The van der Waals surface area contributed by atoms with Crippen molar-refractivity contribution in [2.75, 3.05) is 13.2 Å². The van der Waals surface area contributed by atoms with Gasteiger partial charge < -0.3 is 57.5 Å². The summed E-state index contributed by atoms with van der Waals surface area (Å²) in [4.78, 5) is 71.8. The molecule has 0 spiro atoms. The second-order valence-electron chi connectivity index (χ2n) is 12.7. The summed E-state index contributed by atoms with van der Waals surface area (Å²) in [6, 6.07) is -3.60. The first kappa shape index (κ1) is 43.8. The lowest BCUT2D eigenvalue weighted by Gasteiger charge is -2.43. The van der Waals surface area contributed by atoms with Crippen molar-refractivity contribution < 1.29 is 53.6 Å². The number of primary amides is 1. The smallest absolute Gasteiger partial charge is 0.240 e. The fraction of sp³-hybridized carbons (Fsp3) is 0.812. The van der Waals surface area contributed by atoms with Crippen LogP contribution in [0, 0.1) is 0 Å². The maximum absolute atomic E-state index is 12.4. The number of unbranched alkanes of at least 4 members (excludes halogenated alkanes) is 6. The van der Waals surface area contributed by atoms with Crippen LogP contribution < -0.4 is 32.7 Å². The van der Waals surface area contributed by atoms with E-state index >= 15 is 0 Å². The Morgan fingerprint density at radius 2 is 1.45 bits per heavy atom. The van der Waals surface area contributed by atoms with Crippen molar-refractivity contribution in [2.45, 2.75) is 153 Å². The van der Waals surface area contributed by atoms with Gasteiger partial charge in [0.25, 0.3) is 0 Å². The second-order valence-corrected chi connectivity index (χ2v) is 12.7. The Morgan fingerprint density at radius 1 is 0.857 bits per heavy atom. The highest BCUT2D eigenvalue weighted by molar-refractivity contribution is 5.90. The minimum atomic E-state index is -1.49. The molecule has 1 saturated heterocycles. The Balaban J connectivity index is 2.20. The number of carbonyl (C=O) groups is 6. The summed E-state index contributed by atoms with van der Waals surface area (Å²) in [6.45, 7) is 5.57. The van der Waals surface area contributed by atoms with Crippen molar-refractivity contribution in [3.05, 3.63) is 0 Å². The van der Waals surface area contributed by atoms with Crippen molar-refractivity contribution in [1.29, 1.82) is 0 Å². The van der Waals surface area contributed by atoms with Crippen LogP contribution >= 0.6 is 0 Å². The molecule has 1 aliphatic heterocycles. The van der Waals surface area contributed by atoms with Crippen LogP contribution in [0.1, 0.15) is 98.3 Å². The first-order valence-corrected chi connectivity index (χ1v) is 17.1. The minimum absolute atomic E-state index is 0.00992. The average molecular weight is 703 g/mol. The molecule has 282 valence electrons. The van der Waals surface area contributed by atoms with E-state index in [1.165, 1.54) is 13.8 Å². The number of ether oxygens (including phenoxy) is 2. The molecule has 49 heavy (non-hydrogen) atoms. The molecule has 17 heteroatoms. The quantitative estimate of drug-likeness (QED) is 0.0501. The summed E-state index contributed by atoms with van der Waals surface area (Å²) in [5.41, 5.74) is 10.8. The number of aliphatic hydroxyl groups excluding tert-OH is 3. The zero-order valence-corrected chi connectivity index (χ0v) is 29.2. The molecule has 1 fully saturated rings. The third-order valence-electron chi connectivity index (χ3n) is 8.14. The number of rotatable bonds is 24. The van der Waals surface area contributed by atoms with Crippen LogP contribution in [-0.4, -0.2) is 119 Å². The van der Waals surface area contributed by atoms with E-state index in [-0.39, 0.29) is 31.1 Å². The van der Waals surface area contributed by atoms with E-state index in [9.17, 15) is 44.1 Å². The SMILES string of the molecule is CC(=O)N[C@@H]1[C@@H](OC(C)CNC(=O)CCCCCCCCCC(=O)[C@H](C)NC(=O)CC[C@@H](NC(=O)[C@H](C)N)C(N)=O)[C@H](O)[C@@H](CO)O[C@@H]1O. The fourth-order valence-corrected chi connectivity index (χ4v) is 5.24. The highest BCUT2D eigenvalue weighted by atomic mass is 16.6. The van der Waals surface area contributed by atoms with Crippen LogP contribution in [0.5, 0.6) is 0 Å². The molecule has 0 radical (unpaired) electrons. The summed E-state index contributed by atoms with van der Waals surface area (Å²) in [6.07, 6.45) is 0.923. The molecule has 1 heterocycles. The second kappa shape index (κ2) is 23.2. The Bertz CT molecular complexity index is 1080. The van der Waals surface area contributed by atoms with Gasteiger partial charge in [0.05, 0.1) is 24.8 Å². The number of carbonyl (C=O) groups excluding carboxylic acids is 6. The molecule has 0 aliphatic carbocycles. The van der Waals surface area contributed by atoms with Crippen molar-refractivity contribution in [3.8, 4) is 0 Å². The van der Waals surface area contributed by atoms with Crippen molar-refractivity contribution >= 4 is 35.3 Å². The largest absolute Gasteiger partial charge is 0.394 e. The molecule has 1 unspecified atom stereocenters. The van der Waals surface area contributed by atoms with E-state index in [1.54, 1.807) is 13.8 Å². The van der Waals surface area contributed by atoms with Gasteiger partial charge in [0.2, 0.25) is 29.5 Å². The van der Waals surface area contributed by atoms with Gasteiger partial charge in [0.15, 0.2) is 12.1 Å². The first-order chi connectivity index (χ1) is 23.1. The van der Waals surface area contributed by atoms with Gasteiger partial charge >= 0.3 is 0 Å². The Labute approximate surface area is 288 Å². The lowest BCUT2D eigenvalue weighted by molar-refractivity contribution is -0.267. The molecule has 0 bridgehead atoms. The fourth-order valence-electron chi connectivity index (χ4n) is 5.24. The van der Waals surface area contributed by atoms with E-state index in [2.05, 4.69) is 21.3 Å². The molecule has 0 saturated carbocycles. The number of nitrogens with two attached hydrogens (primary N) is 2. The van der Waals surface area contributed by atoms with E-state index in [1.807, 2.05) is 0 Å². The number of hydrogen-bond acceptors (Lipinski definition) is 12. The topological polar surface area (TPSA) is 282 Å². The van der Waals surface area contributed by atoms with Crippen LogP contribution in [0.15, 0.2) is 0 Å². The maximum atomic E-state index is 12.4. The van der Waals surface area contributed by atoms with E-state index in [0.717, 1.165) is 32.1 Å². The third-order valence-corrected chi connectivity index (χ3v) is 8.14. The highest BCUT2D eigenvalue weighted by Gasteiger charge is 2.46. The number of amides is 5. The van der Waals surface area contributed by atoms with Gasteiger partial charge in [-0.2, -0.15) is 0 Å². The molecular formula is C32H58N6O11. The lowest BCUT2D eigenvalue weighted by atomic mass is 9.96. The third kappa shape index (κ3) is 17.3. The highest BCUT2D eigenvalue weighted by Crippen LogP contribution is 2.23. The number of ketones is 1. The number of Topliss-reactive ketones (excluding diaryl/α,β-unsaturated/α-hetero) is 1. The zero-order valence-electron chi connectivity index (χ0n) is 29.2. The summed E-state index contributed by atoms with van der Waals surface area (Å²) in [5, 5.41) is 40.5. The number of nitrogens with one attached hydrogen (secondary N) is 4. The van der Waals surface area contributed by atoms with Crippen LogP contribution in [0.25, 0.3) is 0 Å². The summed E-state index contributed by atoms with van der Waals surface area (Å²) < 4.78 is 11.0. The Kier molecular flexibility index (Phi) is 20.8. The Morgan fingerprint density at radius 3 is 2.00 bits per heavy atom. The molecule has 1 aliphatic rings. The van der Waals surface area contributed by atoms with Gasteiger partial charge in [-0.05, 0) is 40.0 Å². The van der Waals surface area contributed by atoms with Crippen LogP contribution in [0.2, 0.25) is 0 Å². The lowest BCUT2D eigenvalue weighted by Crippen LogP contribution is -2.65. The van der Waals surface area contributed by atoms with Gasteiger partial charge in [-0.15, -0.1) is 0 Å². The van der Waals surface area contributed by atoms with Crippen LogP contribution in [0.4, 0.5) is 0 Å². The average Bonchev–Trinajstić information content (AvgIpc) is 3.03. The van der Waals surface area contributed by atoms with Crippen molar-refractivity contribution in [3.63, 3.8) is 0 Å². The normalized spacial score (nSPS) is 23.0. The van der Waals surface area contributed by atoms with Gasteiger partial charge in [0, 0.05) is 32.7 Å². The predicted molar refractivity (Wildman–Crippen MR) is 177 cm³/mol. The molecule has 17 nitrogen and oxygen atoms in total. The van der Waals surface area contributed by atoms with Gasteiger partial charge in [-0.1, -0.05) is 32.1 Å². The van der Waals surface area contributed by atoms with E-state index in [0.29, 0.717) is 25.7 Å². The van der Waals surface area contributed by atoms with Crippen molar-refractivity contribution in [1.82, 2.24) is 21.3 Å². The molecule has 5 amide bonds. The van der Waals surface area contributed by atoms with Crippen LogP contribution in [0.3, 0.4) is 0 Å². The molecule has 0 aromatic carbocycles. The van der Waals surface area contributed by atoms with Crippen molar-refractivity contribution in [2.24, 2.45) is 11.5 Å². The number of hydrogen-bond donors (Lipinski definition) is 9. The van der Waals surface area contributed by atoms with Gasteiger partial charge in [-0.25, -0.2) is 0 Å². The standard InChI is InChI=1S/C32H58N6O11/c1-18(48-29-27(37-21(4)40)32(47)49-24(17-39)28(29)44)16-35-25(42)13-11-9-7-5-6-8-10-12-23(41)20(3)36-26(43)15-14-22(30(34)45)38-31(46)19(2)33/h18-20,22,24,27-29,32,39,44,47H,5-17,33H2,1-4H3,(H2,34,45)(H,35,42)(H,36,43)(H,37,40)(H,38,46)/t18?,19-,20-,22+,24+,27+,28+,29+,32-/m0/s1. The summed E-state index contributed by atoms with van der Waals surface area (Å²) >= 11 is 0. The molecule has 11 N–H and O–H groups in total. The van der Waals surface area contributed by atoms with E-state index < -0.39 is 85.1 Å². The Hall–Kier alpha value is -3.22. The molecule has 0 aromatic rings. The first-order valence-electron chi connectivity index (χ1n) is 17.1. The molecule has 1 rings (SSSR count). The van der Waals surface area contributed by atoms with Gasteiger partial charge in [0.1, 0.15) is 30.4 Å². The summed E-state index contributed by atoms with van der Waals surface area (Å²) in [5.74, 6) is -2.47. The monoisotopic (exact) mass is 702 g/mol. The van der Waals surface area contributed by atoms with Gasteiger partial charge in [-0.3, -0.25) is 28.8 Å². The van der Waals surface area contributed by atoms with Crippen LogP contribution in [-0.2, 0) is 38.2 Å². The predicted octanol–water partition coefficient (Wildman–Crippen LogP) is -1.87.